The summed E-state index contributed by atoms with van der Waals surface area (Å²) in [4.78, 5) is 27.4. The minimum atomic E-state index is -0.405. The van der Waals surface area contributed by atoms with Crippen LogP contribution in [0.4, 0.5) is 0 Å². The SMILES string of the molecule is NCC#Cc1ccc(CNC(=O)c2c[nH]c(=O)[nH]2)cc1. The molecular weight excluding hydrogens is 256 g/mol. The van der Waals surface area contributed by atoms with Crippen molar-refractivity contribution >= 4 is 5.91 Å². The average molecular weight is 270 g/mol. The maximum absolute atomic E-state index is 11.7. The zero-order valence-electron chi connectivity index (χ0n) is 10.7. The van der Waals surface area contributed by atoms with Crippen LogP contribution < -0.4 is 16.7 Å². The number of imidazole rings is 1. The Bertz CT molecular complexity index is 701. The molecule has 1 aromatic heterocycles. The number of benzene rings is 1. The third kappa shape index (κ3) is 3.60. The highest BCUT2D eigenvalue weighted by Gasteiger charge is 2.06. The largest absolute Gasteiger partial charge is 0.347 e. The van der Waals surface area contributed by atoms with E-state index in [1.165, 1.54) is 6.20 Å². The summed E-state index contributed by atoms with van der Waals surface area (Å²) in [6.45, 7) is 0.698. The average Bonchev–Trinajstić information content (AvgIpc) is 2.90. The molecule has 1 aromatic carbocycles. The molecule has 0 unspecified atom stereocenters. The monoisotopic (exact) mass is 270 g/mol. The molecule has 5 N–H and O–H groups in total. The van der Waals surface area contributed by atoms with Gasteiger partial charge in [0.05, 0.1) is 6.54 Å². The fraction of sp³-hybridized carbons (Fsp3) is 0.143. The van der Waals surface area contributed by atoms with E-state index < -0.39 is 5.69 Å². The normalized spacial score (nSPS) is 9.65. The predicted molar refractivity (Wildman–Crippen MR) is 75.0 cm³/mol. The number of amides is 1. The molecule has 102 valence electrons. The molecule has 20 heavy (non-hydrogen) atoms. The maximum atomic E-state index is 11.7. The summed E-state index contributed by atoms with van der Waals surface area (Å²) in [6.07, 6.45) is 1.34. The van der Waals surface area contributed by atoms with Gasteiger partial charge in [-0.1, -0.05) is 24.0 Å². The Morgan fingerprint density at radius 2 is 2.05 bits per heavy atom. The van der Waals surface area contributed by atoms with Crippen molar-refractivity contribution in [3.8, 4) is 11.8 Å². The topological polar surface area (TPSA) is 104 Å². The molecule has 6 heteroatoms. The molecular formula is C14H14N4O2. The number of rotatable bonds is 3. The van der Waals surface area contributed by atoms with Gasteiger partial charge in [-0.2, -0.15) is 0 Å². The summed E-state index contributed by atoms with van der Waals surface area (Å²) in [6, 6.07) is 7.48. The van der Waals surface area contributed by atoms with Gasteiger partial charge in [0, 0.05) is 18.3 Å². The van der Waals surface area contributed by atoms with E-state index in [0.717, 1.165) is 11.1 Å². The first-order chi connectivity index (χ1) is 9.69. The minimum Gasteiger partial charge on any atom is -0.347 e. The summed E-state index contributed by atoms with van der Waals surface area (Å²) in [7, 11) is 0. The van der Waals surface area contributed by atoms with Gasteiger partial charge < -0.3 is 21.0 Å². The van der Waals surface area contributed by atoms with Gasteiger partial charge in [-0.3, -0.25) is 4.79 Å². The standard InChI is InChI=1S/C14H14N4O2/c15-7-1-2-10-3-5-11(6-4-10)8-16-13(19)12-9-17-14(20)18-12/h3-6,9H,7-8,15H2,(H,16,19)(H2,17,18,20). The molecule has 2 rings (SSSR count). The van der Waals surface area contributed by atoms with E-state index in [4.69, 9.17) is 5.73 Å². The van der Waals surface area contributed by atoms with Gasteiger partial charge in [-0.05, 0) is 17.7 Å². The molecule has 0 saturated carbocycles. The fourth-order valence-corrected chi connectivity index (χ4v) is 1.59. The Morgan fingerprint density at radius 3 is 2.65 bits per heavy atom. The summed E-state index contributed by atoms with van der Waals surface area (Å²) in [5, 5.41) is 2.71. The van der Waals surface area contributed by atoms with Crippen LogP contribution in [0.3, 0.4) is 0 Å². The van der Waals surface area contributed by atoms with Gasteiger partial charge in [0.25, 0.3) is 5.91 Å². The number of hydrogen-bond donors (Lipinski definition) is 4. The Labute approximate surface area is 115 Å². The molecule has 1 heterocycles. The van der Waals surface area contributed by atoms with Crippen molar-refractivity contribution in [2.24, 2.45) is 5.73 Å². The van der Waals surface area contributed by atoms with E-state index in [0.29, 0.717) is 13.1 Å². The maximum Gasteiger partial charge on any atom is 0.323 e. The van der Waals surface area contributed by atoms with Crippen molar-refractivity contribution in [2.75, 3.05) is 6.54 Å². The van der Waals surface area contributed by atoms with Gasteiger partial charge in [0.15, 0.2) is 0 Å². The number of nitrogens with two attached hydrogens (primary N) is 1. The van der Waals surface area contributed by atoms with E-state index in [1.807, 2.05) is 24.3 Å². The van der Waals surface area contributed by atoms with Crippen LogP contribution in [-0.2, 0) is 6.54 Å². The van der Waals surface area contributed by atoms with E-state index in [9.17, 15) is 9.59 Å². The second-order valence-electron chi connectivity index (χ2n) is 4.04. The third-order valence-corrected chi connectivity index (χ3v) is 2.58. The summed E-state index contributed by atoms with van der Waals surface area (Å²) >= 11 is 0. The van der Waals surface area contributed by atoms with Gasteiger partial charge in [0.2, 0.25) is 0 Å². The third-order valence-electron chi connectivity index (χ3n) is 2.58. The highest BCUT2D eigenvalue weighted by molar-refractivity contribution is 5.91. The molecule has 0 radical (unpaired) electrons. The second-order valence-corrected chi connectivity index (χ2v) is 4.04. The summed E-state index contributed by atoms with van der Waals surface area (Å²) < 4.78 is 0. The molecule has 1 amide bonds. The fourth-order valence-electron chi connectivity index (χ4n) is 1.59. The smallest absolute Gasteiger partial charge is 0.323 e. The Hall–Kier alpha value is -2.78. The Kier molecular flexibility index (Phi) is 4.37. The summed E-state index contributed by atoms with van der Waals surface area (Å²) in [5.74, 6) is 5.35. The van der Waals surface area contributed by atoms with Crippen LogP contribution in [0, 0.1) is 11.8 Å². The molecule has 0 fully saturated rings. The number of hydrogen-bond acceptors (Lipinski definition) is 3. The van der Waals surface area contributed by atoms with Crippen LogP contribution in [0.1, 0.15) is 21.6 Å². The Balaban J connectivity index is 1.94. The van der Waals surface area contributed by atoms with E-state index in [-0.39, 0.29) is 11.6 Å². The first-order valence-corrected chi connectivity index (χ1v) is 6.03. The predicted octanol–water partition coefficient (Wildman–Crippen LogP) is -0.0568. The van der Waals surface area contributed by atoms with Crippen LogP contribution in [0.2, 0.25) is 0 Å². The van der Waals surface area contributed by atoms with Gasteiger partial charge in [-0.25, -0.2) is 4.79 Å². The van der Waals surface area contributed by atoms with Crippen LogP contribution in [-0.4, -0.2) is 22.4 Å². The van der Waals surface area contributed by atoms with Gasteiger partial charge >= 0.3 is 5.69 Å². The molecule has 0 aliphatic heterocycles. The molecule has 0 bridgehead atoms. The van der Waals surface area contributed by atoms with Crippen LogP contribution in [0.25, 0.3) is 0 Å². The number of carbonyl (C=O) groups is 1. The van der Waals surface area contributed by atoms with Crippen molar-refractivity contribution in [1.29, 1.82) is 0 Å². The number of aromatic amines is 2. The zero-order chi connectivity index (χ0) is 14.4. The molecule has 6 nitrogen and oxygen atoms in total. The number of aromatic nitrogens is 2. The van der Waals surface area contributed by atoms with Gasteiger partial charge in [0.1, 0.15) is 5.69 Å². The number of carbonyl (C=O) groups excluding carboxylic acids is 1. The lowest BCUT2D eigenvalue weighted by Crippen LogP contribution is -2.23. The lowest BCUT2D eigenvalue weighted by atomic mass is 10.1. The molecule has 0 saturated heterocycles. The molecule has 0 aliphatic carbocycles. The highest BCUT2D eigenvalue weighted by atomic mass is 16.2. The first kappa shape index (κ1) is 13.6. The van der Waals surface area contributed by atoms with Crippen LogP contribution >= 0.6 is 0 Å². The number of nitrogens with one attached hydrogen (secondary N) is 3. The van der Waals surface area contributed by atoms with Crippen molar-refractivity contribution in [3.05, 3.63) is 57.8 Å². The Morgan fingerprint density at radius 1 is 1.30 bits per heavy atom. The minimum absolute atomic E-state index is 0.209. The van der Waals surface area contributed by atoms with E-state index in [2.05, 4.69) is 27.1 Å². The van der Waals surface area contributed by atoms with Crippen molar-refractivity contribution in [1.82, 2.24) is 15.3 Å². The molecule has 0 spiro atoms. The zero-order valence-corrected chi connectivity index (χ0v) is 10.7. The van der Waals surface area contributed by atoms with E-state index >= 15 is 0 Å². The van der Waals surface area contributed by atoms with Crippen molar-refractivity contribution in [3.63, 3.8) is 0 Å². The van der Waals surface area contributed by atoms with Crippen molar-refractivity contribution in [2.45, 2.75) is 6.54 Å². The second kappa shape index (κ2) is 6.41. The van der Waals surface area contributed by atoms with Gasteiger partial charge in [-0.15, -0.1) is 0 Å². The lowest BCUT2D eigenvalue weighted by molar-refractivity contribution is 0.0946. The highest BCUT2D eigenvalue weighted by Crippen LogP contribution is 2.03. The first-order valence-electron chi connectivity index (χ1n) is 6.03. The summed E-state index contributed by atoms with van der Waals surface area (Å²) in [5.41, 5.74) is 6.91. The quantitative estimate of drug-likeness (QED) is 0.587. The van der Waals surface area contributed by atoms with Crippen LogP contribution in [0.5, 0.6) is 0 Å². The van der Waals surface area contributed by atoms with Crippen LogP contribution in [0.15, 0.2) is 35.3 Å². The molecule has 2 aromatic rings. The molecule has 0 atom stereocenters. The number of H-pyrrole nitrogens is 2. The van der Waals surface area contributed by atoms with E-state index in [1.54, 1.807) is 0 Å². The lowest BCUT2D eigenvalue weighted by Gasteiger charge is -2.03. The van der Waals surface area contributed by atoms with Crippen molar-refractivity contribution < 1.29 is 4.79 Å². The molecule has 0 aliphatic rings.